The highest BCUT2D eigenvalue weighted by molar-refractivity contribution is 5.71. The van der Waals surface area contributed by atoms with Crippen LogP contribution >= 0.6 is 0 Å². The minimum absolute atomic E-state index is 0.0170. The van der Waals surface area contributed by atoms with Gasteiger partial charge in [-0.05, 0) is 25.7 Å². The van der Waals surface area contributed by atoms with Gasteiger partial charge in [0.1, 0.15) is 0 Å². The van der Waals surface area contributed by atoms with Crippen LogP contribution in [0.5, 0.6) is 0 Å². The molecule has 0 bridgehead atoms. The van der Waals surface area contributed by atoms with Gasteiger partial charge in [-0.15, -0.1) is 0 Å². The van der Waals surface area contributed by atoms with Crippen LogP contribution in [0.25, 0.3) is 0 Å². The fourth-order valence-corrected chi connectivity index (χ4v) is 2.71. The van der Waals surface area contributed by atoms with Gasteiger partial charge in [0, 0.05) is 17.3 Å². The van der Waals surface area contributed by atoms with Gasteiger partial charge in [0.2, 0.25) is 0 Å². The van der Waals surface area contributed by atoms with Crippen molar-refractivity contribution in [3.05, 3.63) is 27.4 Å². The van der Waals surface area contributed by atoms with Crippen molar-refractivity contribution < 1.29 is 9.90 Å². The summed E-state index contributed by atoms with van der Waals surface area (Å²) in [6.07, 6.45) is 2.09. The molecule has 5 nitrogen and oxygen atoms in total. The zero-order chi connectivity index (χ0) is 16.2. The number of rotatable bonds is 7. The van der Waals surface area contributed by atoms with Gasteiger partial charge < -0.3 is 5.11 Å². The van der Waals surface area contributed by atoms with E-state index >= 15 is 0 Å². The third-order valence-electron chi connectivity index (χ3n) is 4.30. The second-order valence-corrected chi connectivity index (χ2v) is 5.54. The highest BCUT2D eigenvalue weighted by atomic mass is 16.4. The smallest absolute Gasteiger partial charge is 0.348 e. The van der Waals surface area contributed by atoms with Crippen LogP contribution < -0.4 is 5.69 Å². The van der Waals surface area contributed by atoms with Crippen LogP contribution in [0.4, 0.5) is 0 Å². The maximum atomic E-state index is 12.4. The van der Waals surface area contributed by atoms with Crippen molar-refractivity contribution in [1.82, 2.24) is 9.55 Å². The Bertz CT molecular complexity index is 563. The van der Waals surface area contributed by atoms with Crippen molar-refractivity contribution in [3.8, 4) is 0 Å². The molecule has 0 amide bonds. The minimum Gasteiger partial charge on any atom is -0.481 e. The van der Waals surface area contributed by atoms with E-state index in [4.69, 9.17) is 5.11 Å². The second kappa shape index (κ2) is 7.38. The molecule has 0 saturated carbocycles. The fourth-order valence-electron chi connectivity index (χ4n) is 2.71. The Labute approximate surface area is 126 Å². The van der Waals surface area contributed by atoms with Crippen molar-refractivity contribution in [1.29, 1.82) is 0 Å². The van der Waals surface area contributed by atoms with Crippen LogP contribution in [0, 0.1) is 5.92 Å². The average molecular weight is 294 g/mol. The first kappa shape index (κ1) is 17.4. The zero-order valence-corrected chi connectivity index (χ0v) is 13.6. The molecule has 1 aromatic rings. The number of carbonyl (C=O) groups is 1. The summed E-state index contributed by atoms with van der Waals surface area (Å²) in [7, 11) is 0. The molecule has 0 saturated heterocycles. The van der Waals surface area contributed by atoms with E-state index in [-0.39, 0.29) is 18.2 Å². The lowest BCUT2D eigenvalue weighted by atomic mass is 9.98. The maximum Gasteiger partial charge on any atom is 0.348 e. The van der Waals surface area contributed by atoms with E-state index in [0.29, 0.717) is 30.0 Å². The molecular weight excluding hydrogens is 268 g/mol. The van der Waals surface area contributed by atoms with Crippen molar-refractivity contribution >= 4 is 5.97 Å². The van der Waals surface area contributed by atoms with Gasteiger partial charge in [-0.25, -0.2) is 4.79 Å². The predicted molar refractivity (Wildman–Crippen MR) is 82.8 cm³/mol. The average Bonchev–Trinajstić information content (AvgIpc) is 2.45. The molecule has 0 aliphatic heterocycles. The molecular formula is C16H26N2O3. The molecule has 0 aliphatic rings. The van der Waals surface area contributed by atoms with Crippen LogP contribution in [0.3, 0.4) is 0 Å². The lowest BCUT2D eigenvalue weighted by Gasteiger charge is -2.26. The number of carboxylic acids is 1. The molecule has 0 spiro atoms. The number of hydrogen-bond donors (Lipinski definition) is 1. The molecule has 1 N–H and O–H groups in total. The Morgan fingerprint density at radius 3 is 2.29 bits per heavy atom. The van der Waals surface area contributed by atoms with Gasteiger partial charge in [0.15, 0.2) is 0 Å². The summed E-state index contributed by atoms with van der Waals surface area (Å²) in [5, 5.41) is 9.15. The van der Waals surface area contributed by atoms with Crippen LogP contribution in [-0.4, -0.2) is 20.6 Å². The van der Waals surface area contributed by atoms with Crippen LogP contribution in [-0.2, 0) is 24.1 Å². The number of nitrogens with zero attached hydrogens (tertiary/aromatic N) is 2. The van der Waals surface area contributed by atoms with Gasteiger partial charge in [-0.1, -0.05) is 34.1 Å². The number of hydrogen-bond acceptors (Lipinski definition) is 3. The first-order valence-corrected chi connectivity index (χ1v) is 7.72. The lowest BCUT2D eigenvalue weighted by molar-refractivity contribution is -0.136. The lowest BCUT2D eigenvalue weighted by Crippen LogP contribution is -2.34. The largest absolute Gasteiger partial charge is 0.481 e. The fraction of sp³-hybridized carbons (Fsp3) is 0.688. The summed E-state index contributed by atoms with van der Waals surface area (Å²) in [5.41, 5.74) is 1.89. The van der Waals surface area contributed by atoms with E-state index in [2.05, 4.69) is 18.8 Å². The van der Waals surface area contributed by atoms with E-state index in [0.717, 1.165) is 12.1 Å². The maximum absolute atomic E-state index is 12.4. The van der Waals surface area contributed by atoms with Crippen LogP contribution in [0.2, 0.25) is 0 Å². The van der Waals surface area contributed by atoms with Crippen molar-refractivity contribution in [3.63, 3.8) is 0 Å². The van der Waals surface area contributed by atoms with Crippen molar-refractivity contribution in [2.24, 2.45) is 5.92 Å². The van der Waals surface area contributed by atoms with E-state index in [1.54, 1.807) is 4.57 Å². The number of aliphatic carboxylic acids is 1. The van der Waals surface area contributed by atoms with E-state index in [1.165, 1.54) is 0 Å². The third-order valence-corrected chi connectivity index (χ3v) is 4.30. The summed E-state index contributed by atoms with van der Waals surface area (Å²) >= 11 is 0. The number of aryl methyl sites for hydroxylation is 1. The Balaban J connectivity index is 3.57. The summed E-state index contributed by atoms with van der Waals surface area (Å²) in [5.74, 6) is -0.553. The van der Waals surface area contributed by atoms with E-state index < -0.39 is 5.97 Å². The Morgan fingerprint density at radius 2 is 1.86 bits per heavy atom. The van der Waals surface area contributed by atoms with Gasteiger partial charge in [-0.2, -0.15) is 4.98 Å². The first-order chi connectivity index (χ1) is 9.87. The summed E-state index contributed by atoms with van der Waals surface area (Å²) in [6.45, 7) is 10.0. The standard InChI is InChI=1S/C16H26N2O3/c1-6-10(4)11(5)18-14(8-3)12(9-15(19)20)13(7-2)17-16(18)21/h10-11H,6-9H2,1-5H3,(H,19,20). The molecule has 0 radical (unpaired) electrons. The topological polar surface area (TPSA) is 72.2 Å². The molecule has 5 heteroatoms. The molecule has 1 heterocycles. The molecule has 2 atom stereocenters. The highest BCUT2D eigenvalue weighted by Crippen LogP contribution is 2.23. The molecule has 118 valence electrons. The summed E-state index contributed by atoms with van der Waals surface area (Å²) in [4.78, 5) is 27.7. The quantitative estimate of drug-likeness (QED) is 0.839. The Hall–Kier alpha value is -1.65. The third kappa shape index (κ3) is 3.71. The van der Waals surface area contributed by atoms with Crippen LogP contribution in [0.15, 0.2) is 4.79 Å². The number of carboxylic acid groups (broad SMARTS) is 1. The highest BCUT2D eigenvalue weighted by Gasteiger charge is 2.22. The van der Waals surface area contributed by atoms with Gasteiger partial charge >= 0.3 is 11.7 Å². The zero-order valence-electron chi connectivity index (χ0n) is 13.6. The first-order valence-electron chi connectivity index (χ1n) is 7.72. The van der Waals surface area contributed by atoms with Crippen molar-refractivity contribution in [2.75, 3.05) is 0 Å². The molecule has 0 aromatic carbocycles. The molecule has 0 fully saturated rings. The molecule has 1 rings (SSSR count). The van der Waals surface area contributed by atoms with Gasteiger partial charge in [0.05, 0.1) is 12.1 Å². The summed E-state index contributed by atoms with van der Waals surface area (Å²) in [6, 6.07) is 0.0170. The molecule has 21 heavy (non-hydrogen) atoms. The van der Waals surface area contributed by atoms with Gasteiger partial charge in [-0.3, -0.25) is 9.36 Å². The SMILES string of the molecule is CCc1nc(=O)n(C(C)C(C)CC)c(CC)c1CC(=O)O. The van der Waals surface area contributed by atoms with E-state index in [1.807, 2.05) is 20.8 Å². The second-order valence-electron chi connectivity index (χ2n) is 5.54. The van der Waals surface area contributed by atoms with Crippen molar-refractivity contribution in [2.45, 2.75) is 66.3 Å². The van der Waals surface area contributed by atoms with Crippen LogP contribution in [0.1, 0.15) is 64.0 Å². The van der Waals surface area contributed by atoms with E-state index in [9.17, 15) is 9.59 Å². The molecule has 2 unspecified atom stereocenters. The Kier molecular flexibility index (Phi) is 6.12. The number of aromatic nitrogens is 2. The molecule has 1 aromatic heterocycles. The normalized spacial score (nSPS) is 14.0. The van der Waals surface area contributed by atoms with Gasteiger partial charge in [0.25, 0.3) is 0 Å². The minimum atomic E-state index is -0.886. The molecule has 0 aliphatic carbocycles. The predicted octanol–water partition coefficient (Wildman–Crippen LogP) is 2.60. The Morgan fingerprint density at radius 1 is 1.24 bits per heavy atom. The monoisotopic (exact) mass is 294 g/mol. The summed E-state index contributed by atoms with van der Waals surface area (Å²) < 4.78 is 1.70.